The number of carbonyl (C=O) groups is 2. The number of esters is 1. The lowest BCUT2D eigenvalue weighted by Gasteiger charge is -2.29. The van der Waals surface area contributed by atoms with Crippen molar-refractivity contribution in [2.24, 2.45) is 10.9 Å². The average Bonchev–Trinajstić information content (AvgIpc) is 2.95. The molecule has 0 saturated heterocycles. The topological polar surface area (TPSA) is 85.6 Å². The fourth-order valence-electron chi connectivity index (χ4n) is 2.25. The number of aryl methyl sites for hydroxylation is 1. The van der Waals surface area contributed by atoms with Crippen LogP contribution >= 0.6 is 11.6 Å². The number of hydrogen-bond donors (Lipinski definition) is 1. The minimum absolute atomic E-state index is 0.00465. The molecule has 0 aromatic carbocycles. The molecule has 2 amide bonds. The molecule has 1 aromatic rings. The van der Waals surface area contributed by atoms with Crippen LogP contribution in [0.15, 0.2) is 17.4 Å². The van der Waals surface area contributed by atoms with Gasteiger partial charge in [-0.15, -0.1) is 11.6 Å². The summed E-state index contributed by atoms with van der Waals surface area (Å²) in [7, 11) is 0. The molecule has 1 N–H and O–H groups in total. The number of aromatic nitrogens is 2. The molecular weight excluding hydrogens is 296 g/mol. The third-order valence-electron chi connectivity index (χ3n) is 3.23. The maximum atomic E-state index is 12.2. The number of nitrogens with zero attached hydrogens (tertiary/aromatic N) is 3. The Balaban J connectivity index is 2.37. The second kappa shape index (κ2) is 6.71. The van der Waals surface area contributed by atoms with Crippen LogP contribution in [0, 0.1) is 5.92 Å². The van der Waals surface area contributed by atoms with Crippen molar-refractivity contribution in [3.8, 4) is 0 Å². The van der Waals surface area contributed by atoms with Gasteiger partial charge in [-0.1, -0.05) is 0 Å². The molecule has 0 radical (unpaired) electrons. The van der Waals surface area contributed by atoms with Gasteiger partial charge in [-0.2, -0.15) is 5.10 Å². The molecule has 7 nitrogen and oxygen atoms in total. The van der Waals surface area contributed by atoms with Crippen LogP contribution in [-0.4, -0.2) is 40.0 Å². The Morgan fingerprint density at radius 3 is 2.86 bits per heavy atom. The molecule has 8 heteroatoms. The summed E-state index contributed by atoms with van der Waals surface area (Å²) in [5.74, 6) is -1.18. The number of ether oxygens (including phenoxy) is 1. The molecule has 2 unspecified atom stereocenters. The predicted molar refractivity (Wildman–Crippen MR) is 77.5 cm³/mol. The van der Waals surface area contributed by atoms with Crippen molar-refractivity contribution in [2.75, 3.05) is 12.5 Å². The summed E-state index contributed by atoms with van der Waals surface area (Å²) in [4.78, 5) is 27.7. The maximum Gasteiger partial charge on any atom is 0.341 e. The van der Waals surface area contributed by atoms with E-state index in [9.17, 15) is 9.59 Å². The molecule has 1 aromatic heterocycles. The Labute approximate surface area is 127 Å². The van der Waals surface area contributed by atoms with E-state index >= 15 is 0 Å². The molecule has 0 bridgehead atoms. The minimum Gasteiger partial charge on any atom is -0.465 e. The van der Waals surface area contributed by atoms with E-state index in [0.29, 0.717) is 12.3 Å². The quantitative estimate of drug-likeness (QED) is 0.660. The Morgan fingerprint density at radius 2 is 2.29 bits per heavy atom. The zero-order chi connectivity index (χ0) is 15.4. The van der Waals surface area contributed by atoms with Crippen LogP contribution in [-0.2, 0) is 16.1 Å². The second-order valence-electron chi connectivity index (χ2n) is 4.52. The van der Waals surface area contributed by atoms with Crippen LogP contribution in [0.4, 0.5) is 4.79 Å². The Hall–Kier alpha value is -1.89. The molecule has 0 saturated carbocycles. The van der Waals surface area contributed by atoms with E-state index in [2.05, 4.69) is 15.4 Å². The highest BCUT2D eigenvalue weighted by atomic mass is 35.5. The fourth-order valence-corrected chi connectivity index (χ4v) is 2.47. The van der Waals surface area contributed by atoms with Gasteiger partial charge in [-0.25, -0.2) is 9.79 Å². The maximum absolute atomic E-state index is 12.2. The van der Waals surface area contributed by atoms with E-state index in [-0.39, 0.29) is 12.5 Å². The van der Waals surface area contributed by atoms with Gasteiger partial charge in [0, 0.05) is 18.3 Å². The summed E-state index contributed by atoms with van der Waals surface area (Å²) in [6.45, 7) is 4.62. The van der Waals surface area contributed by atoms with Crippen LogP contribution < -0.4 is 5.32 Å². The number of halogens is 1. The standard InChI is InChI=1S/C13H17ClN4O3/c1-3-18-7-8(6-15-18)11-10(12(19)21-4-2)9(5-14)16-13(20)17-11/h6-7,10-11H,3-5H2,1-2H3,(H,17,20). The van der Waals surface area contributed by atoms with Crippen LogP contribution in [0.5, 0.6) is 0 Å². The molecule has 2 rings (SSSR count). The van der Waals surface area contributed by atoms with E-state index < -0.39 is 24.0 Å². The van der Waals surface area contributed by atoms with Gasteiger partial charge < -0.3 is 10.1 Å². The molecule has 0 fully saturated rings. The molecular formula is C13H17ClN4O3. The summed E-state index contributed by atoms with van der Waals surface area (Å²) in [5, 5.41) is 6.85. The van der Waals surface area contributed by atoms with Crippen molar-refractivity contribution in [1.29, 1.82) is 0 Å². The van der Waals surface area contributed by atoms with Crippen molar-refractivity contribution in [1.82, 2.24) is 15.1 Å². The summed E-state index contributed by atoms with van der Waals surface area (Å²) >= 11 is 5.83. The minimum atomic E-state index is -0.727. The van der Waals surface area contributed by atoms with Crippen molar-refractivity contribution in [3.05, 3.63) is 18.0 Å². The molecule has 0 aliphatic carbocycles. The van der Waals surface area contributed by atoms with Crippen molar-refractivity contribution < 1.29 is 14.3 Å². The summed E-state index contributed by atoms with van der Waals surface area (Å²) in [5.41, 5.74) is 1.04. The lowest BCUT2D eigenvalue weighted by atomic mass is 9.90. The smallest absolute Gasteiger partial charge is 0.341 e. The first-order valence-corrected chi connectivity index (χ1v) is 7.27. The molecule has 2 heterocycles. The first kappa shape index (κ1) is 15.5. The van der Waals surface area contributed by atoms with Crippen LogP contribution in [0.1, 0.15) is 25.5 Å². The number of carbonyl (C=O) groups excluding carboxylic acids is 2. The predicted octanol–water partition coefficient (Wildman–Crippen LogP) is 1.53. The molecule has 0 spiro atoms. The third kappa shape index (κ3) is 3.24. The number of alkyl halides is 1. The van der Waals surface area contributed by atoms with E-state index in [1.807, 2.05) is 6.92 Å². The second-order valence-corrected chi connectivity index (χ2v) is 4.79. The zero-order valence-corrected chi connectivity index (χ0v) is 12.6. The number of hydrogen-bond acceptors (Lipinski definition) is 4. The van der Waals surface area contributed by atoms with Gasteiger partial charge in [0.2, 0.25) is 0 Å². The van der Waals surface area contributed by atoms with Gasteiger partial charge in [0.05, 0.1) is 30.4 Å². The van der Waals surface area contributed by atoms with Crippen LogP contribution in [0.25, 0.3) is 0 Å². The van der Waals surface area contributed by atoms with Gasteiger partial charge >= 0.3 is 12.0 Å². The molecule has 114 valence electrons. The monoisotopic (exact) mass is 312 g/mol. The third-order valence-corrected chi connectivity index (χ3v) is 3.50. The number of amides is 2. The van der Waals surface area contributed by atoms with Gasteiger partial charge in [0.1, 0.15) is 5.92 Å². The number of nitrogens with one attached hydrogen (secondary N) is 1. The lowest BCUT2D eigenvalue weighted by molar-refractivity contribution is -0.146. The summed E-state index contributed by atoms with van der Waals surface area (Å²) in [6, 6.07) is -1.08. The van der Waals surface area contributed by atoms with Crippen molar-refractivity contribution in [3.63, 3.8) is 0 Å². The highest BCUT2D eigenvalue weighted by Crippen LogP contribution is 2.28. The molecule has 1 aliphatic heterocycles. The Kier molecular flexibility index (Phi) is 4.95. The number of aliphatic imine (C=N–C) groups is 1. The average molecular weight is 313 g/mol. The van der Waals surface area contributed by atoms with Gasteiger partial charge in [-0.3, -0.25) is 9.48 Å². The fraction of sp³-hybridized carbons (Fsp3) is 0.538. The largest absolute Gasteiger partial charge is 0.465 e. The zero-order valence-electron chi connectivity index (χ0n) is 11.9. The van der Waals surface area contributed by atoms with Gasteiger partial charge in [0.25, 0.3) is 0 Å². The summed E-state index contributed by atoms with van der Waals surface area (Å²) < 4.78 is 6.79. The van der Waals surface area contributed by atoms with E-state index in [1.54, 1.807) is 24.0 Å². The lowest BCUT2D eigenvalue weighted by Crippen LogP contribution is -2.45. The Bertz CT molecular complexity index is 570. The first-order valence-electron chi connectivity index (χ1n) is 6.73. The molecule has 2 atom stereocenters. The normalized spacial score (nSPS) is 21.7. The SMILES string of the molecule is CCOC(=O)C1C(CCl)=NC(=O)NC1c1cnn(CC)c1. The van der Waals surface area contributed by atoms with E-state index in [0.717, 1.165) is 5.56 Å². The highest BCUT2D eigenvalue weighted by molar-refractivity contribution is 6.32. The van der Waals surface area contributed by atoms with Crippen LogP contribution in [0.3, 0.4) is 0 Å². The van der Waals surface area contributed by atoms with Crippen LogP contribution in [0.2, 0.25) is 0 Å². The van der Waals surface area contributed by atoms with Gasteiger partial charge in [0.15, 0.2) is 0 Å². The van der Waals surface area contributed by atoms with E-state index in [1.165, 1.54) is 0 Å². The highest BCUT2D eigenvalue weighted by Gasteiger charge is 2.39. The van der Waals surface area contributed by atoms with Crippen molar-refractivity contribution in [2.45, 2.75) is 26.4 Å². The van der Waals surface area contributed by atoms with Gasteiger partial charge in [-0.05, 0) is 13.8 Å². The summed E-state index contributed by atoms with van der Waals surface area (Å²) in [6.07, 6.45) is 3.41. The number of urea groups is 1. The molecule has 21 heavy (non-hydrogen) atoms. The number of rotatable bonds is 5. The first-order chi connectivity index (χ1) is 10.1. The molecule has 1 aliphatic rings. The van der Waals surface area contributed by atoms with Crippen molar-refractivity contribution >= 4 is 29.3 Å². The van der Waals surface area contributed by atoms with E-state index in [4.69, 9.17) is 16.3 Å². The Morgan fingerprint density at radius 1 is 1.52 bits per heavy atom.